The number of nitriles is 1. The molecule has 0 bridgehead atoms. The molecule has 0 spiro atoms. The van der Waals surface area contributed by atoms with E-state index in [1.54, 1.807) is 18.9 Å². The van der Waals surface area contributed by atoms with Gasteiger partial charge in [0.1, 0.15) is 6.04 Å². The van der Waals surface area contributed by atoms with E-state index in [1.807, 2.05) is 18.2 Å². The third-order valence-electron chi connectivity index (χ3n) is 3.78. The van der Waals surface area contributed by atoms with Crippen molar-refractivity contribution in [1.82, 2.24) is 4.90 Å². The SMILES string of the molecule is CC(C#N)N(C)C(=O)C1CCCc2ccccc21. The Balaban J connectivity index is 2.26. The first-order valence-electron chi connectivity index (χ1n) is 6.39. The standard InChI is InChI=1S/C15H18N2O/c1-11(10-16)17(2)15(18)14-9-5-7-12-6-3-4-8-13(12)14/h3-4,6,8,11,14H,5,7,9H2,1-2H3. The minimum absolute atomic E-state index is 0.0659. The van der Waals surface area contributed by atoms with Gasteiger partial charge in [0, 0.05) is 7.05 Å². The molecule has 0 N–H and O–H groups in total. The van der Waals surface area contributed by atoms with E-state index in [2.05, 4.69) is 12.1 Å². The summed E-state index contributed by atoms with van der Waals surface area (Å²) in [5.41, 5.74) is 2.42. The second-order valence-corrected chi connectivity index (χ2v) is 4.90. The van der Waals surface area contributed by atoms with Crippen LogP contribution in [0.3, 0.4) is 0 Å². The van der Waals surface area contributed by atoms with Gasteiger partial charge >= 0.3 is 0 Å². The molecular weight excluding hydrogens is 224 g/mol. The highest BCUT2D eigenvalue weighted by molar-refractivity contribution is 5.84. The van der Waals surface area contributed by atoms with Crippen LogP contribution in [-0.2, 0) is 11.2 Å². The average Bonchev–Trinajstić information content (AvgIpc) is 2.44. The monoisotopic (exact) mass is 242 g/mol. The summed E-state index contributed by atoms with van der Waals surface area (Å²) >= 11 is 0. The van der Waals surface area contributed by atoms with Crippen LogP contribution in [-0.4, -0.2) is 23.9 Å². The van der Waals surface area contributed by atoms with Crippen molar-refractivity contribution >= 4 is 5.91 Å². The smallest absolute Gasteiger partial charge is 0.230 e. The average molecular weight is 242 g/mol. The van der Waals surface area contributed by atoms with E-state index < -0.39 is 0 Å². The summed E-state index contributed by atoms with van der Waals surface area (Å²) in [4.78, 5) is 14.0. The van der Waals surface area contributed by atoms with Gasteiger partial charge in [-0.15, -0.1) is 0 Å². The van der Waals surface area contributed by atoms with Crippen LogP contribution < -0.4 is 0 Å². The first-order chi connectivity index (χ1) is 8.65. The van der Waals surface area contributed by atoms with E-state index in [0.29, 0.717) is 0 Å². The Bertz CT molecular complexity index is 490. The summed E-state index contributed by atoms with van der Waals surface area (Å²) in [6.07, 6.45) is 2.98. The van der Waals surface area contributed by atoms with Gasteiger partial charge in [-0.25, -0.2) is 0 Å². The molecule has 18 heavy (non-hydrogen) atoms. The van der Waals surface area contributed by atoms with E-state index >= 15 is 0 Å². The minimum atomic E-state index is -0.369. The maximum atomic E-state index is 12.4. The first-order valence-corrected chi connectivity index (χ1v) is 6.39. The van der Waals surface area contributed by atoms with Crippen molar-refractivity contribution in [2.45, 2.75) is 38.1 Å². The Morgan fingerprint density at radius 2 is 2.22 bits per heavy atom. The molecule has 3 heteroatoms. The highest BCUT2D eigenvalue weighted by Gasteiger charge is 2.29. The van der Waals surface area contributed by atoms with Gasteiger partial charge in [-0.1, -0.05) is 24.3 Å². The normalized spacial score (nSPS) is 19.5. The Morgan fingerprint density at radius 1 is 1.50 bits per heavy atom. The van der Waals surface area contributed by atoms with E-state index in [-0.39, 0.29) is 17.9 Å². The lowest BCUT2D eigenvalue weighted by Crippen LogP contribution is -2.38. The highest BCUT2D eigenvalue weighted by atomic mass is 16.2. The van der Waals surface area contributed by atoms with Gasteiger partial charge in [0.15, 0.2) is 0 Å². The van der Waals surface area contributed by atoms with Gasteiger partial charge in [0.2, 0.25) is 5.91 Å². The second-order valence-electron chi connectivity index (χ2n) is 4.90. The molecule has 2 atom stereocenters. The van der Waals surface area contributed by atoms with Crippen LogP contribution in [0.15, 0.2) is 24.3 Å². The van der Waals surface area contributed by atoms with Crippen molar-refractivity contribution in [1.29, 1.82) is 5.26 Å². The molecule has 0 saturated carbocycles. The molecule has 1 aromatic carbocycles. The Labute approximate surface area is 108 Å². The summed E-state index contributed by atoms with van der Waals surface area (Å²) in [7, 11) is 1.72. The molecule has 1 aromatic rings. The first kappa shape index (κ1) is 12.6. The van der Waals surface area contributed by atoms with Gasteiger partial charge in [-0.05, 0) is 37.3 Å². The number of nitrogens with zero attached hydrogens (tertiary/aromatic N) is 2. The third-order valence-corrected chi connectivity index (χ3v) is 3.78. The van der Waals surface area contributed by atoms with Gasteiger partial charge in [-0.2, -0.15) is 5.26 Å². The molecule has 3 nitrogen and oxygen atoms in total. The zero-order valence-corrected chi connectivity index (χ0v) is 10.9. The van der Waals surface area contributed by atoms with Crippen molar-refractivity contribution in [3.05, 3.63) is 35.4 Å². The number of carbonyl (C=O) groups is 1. The van der Waals surface area contributed by atoms with E-state index in [4.69, 9.17) is 5.26 Å². The van der Waals surface area contributed by atoms with Crippen LogP contribution in [0, 0.1) is 11.3 Å². The molecular formula is C15H18N2O. The fourth-order valence-electron chi connectivity index (χ4n) is 2.53. The third kappa shape index (κ3) is 2.24. The summed E-state index contributed by atoms with van der Waals surface area (Å²) in [5.74, 6) is -0.00745. The number of aryl methyl sites for hydroxylation is 1. The lowest BCUT2D eigenvalue weighted by atomic mass is 9.82. The number of hydrogen-bond acceptors (Lipinski definition) is 2. The largest absolute Gasteiger partial charge is 0.329 e. The summed E-state index contributed by atoms with van der Waals surface area (Å²) in [6, 6.07) is 9.89. The van der Waals surface area contributed by atoms with E-state index in [0.717, 1.165) is 24.8 Å². The predicted octanol–water partition coefficient (Wildman–Crippen LogP) is 2.48. The molecule has 0 aromatic heterocycles. The summed E-state index contributed by atoms with van der Waals surface area (Å²) in [6.45, 7) is 1.76. The van der Waals surface area contributed by atoms with E-state index in [1.165, 1.54) is 5.56 Å². The van der Waals surface area contributed by atoms with Gasteiger partial charge < -0.3 is 4.90 Å². The molecule has 1 aliphatic rings. The molecule has 1 amide bonds. The lowest BCUT2D eigenvalue weighted by Gasteiger charge is -2.29. The van der Waals surface area contributed by atoms with Crippen molar-refractivity contribution in [2.24, 2.45) is 0 Å². The van der Waals surface area contributed by atoms with Crippen molar-refractivity contribution in [2.75, 3.05) is 7.05 Å². The maximum absolute atomic E-state index is 12.4. The van der Waals surface area contributed by atoms with Gasteiger partial charge in [0.05, 0.1) is 12.0 Å². The minimum Gasteiger partial charge on any atom is -0.329 e. The van der Waals surface area contributed by atoms with E-state index in [9.17, 15) is 4.79 Å². The zero-order chi connectivity index (χ0) is 13.1. The molecule has 0 heterocycles. The predicted molar refractivity (Wildman–Crippen MR) is 70.0 cm³/mol. The number of fused-ring (bicyclic) bond motifs is 1. The molecule has 94 valence electrons. The van der Waals surface area contributed by atoms with Crippen LogP contribution in [0.4, 0.5) is 0 Å². The number of likely N-dealkylation sites (N-methyl/N-ethyl adjacent to an activating group) is 1. The van der Waals surface area contributed by atoms with Crippen LogP contribution in [0.5, 0.6) is 0 Å². The Hall–Kier alpha value is -1.82. The number of rotatable bonds is 2. The fourth-order valence-corrected chi connectivity index (χ4v) is 2.53. The molecule has 0 aliphatic heterocycles. The molecule has 2 rings (SSSR count). The highest BCUT2D eigenvalue weighted by Crippen LogP contribution is 2.32. The second kappa shape index (κ2) is 5.22. The lowest BCUT2D eigenvalue weighted by molar-refractivity contribution is -0.132. The van der Waals surface area contributed by atoms with Gasteiger partial charge in [0.25, 0.3) is 0 Å². The zero-order valence-electron chi connectivity index (χ0n) is 10.9. The van der Waals surface area contributed by atoms with Crippen LogP contribution >= 0.6 is 0 Å². The summed E-state index contributed by atoms with van der Waals surface area (Å²) in [5, 5.41) is 8.90. The number of hydrogen-bond donors (Lipinski definition) is 0. The molecule has 1 aliphatic carbocycles. The topological polar surface area (TPSA) is 44.1 Å². The molecule has 0 saturated heterocycles. The van der Waals surface area contributed by atoms with Crippen molar-refractivity contribution in [3.8, 4) is 6.07 Å². The summed E-state index contributed by atoms with van der Waals surface area (Å²) < 4.78 is 0. The van der Waals surface area contributed by atoms with Crippen molar-refractivity contribution in [3.63, 3.8) is 0 Å². The Kier molecular flexibility index (Phi) is 3.66. The quantitative estimate of drug-likeness (QED) is 0.799. The Morgan fingerprint density at radius 3 is 2.94 bits per heavy atom. The molecule has 0 fully saturated rings. The van der Waals surface area contributed by atoms with Crippen LogP contribution in [0.25, 0.3) is 0 Å². The number of amides is 1. The maximum Gasteiger partial charge on any atom is 0.230 e. The van der Waals surface area contributed by atoms with Crippen LogP contribution in [0.1, 0.15) is 36.8 Å². The number of carbonyl (C=O) groups excluding carboxylic acids is 1. The number of benzene rings is 1. The van der Waals surface area contributed by atoms with Crippen LogP contribution in [0.2, 0.25) is 0 Å². The fraction of sp³-hybridized carbons (Fsp3) is 0.467. The molecule has 0 radical (unpaired) electrons. The van der Waals surface area contributed by atoms with Gasteiger partial charge in [-0.3, -0.25) is 4.79 Å². The van der Waals surface area contributed by atoms with Crippen molar-refractivity contribution < 1.29 is 4.79 Å². The molecule has 2 unspecified atom stereocenters.